The van der Waals surface area contributed by atoms with Crippen molar-refractivity contribution in [2.24, 2.45) is 0 Å². The molecule has 0 radical (unpaired) electrons. The molecule has 2 amide bonds. The lowest BCUT2D eigenvalue weighted by Gasteiger charge is -2.34. The number of rotatable bonds is 8. The van der Waals surface area contributed by atoms with Gasteiger partial charge in [0.2, 0.25) is 5.91 Å². The monoisotopic (exact) mass is 534 g/mol. The summed E-state index contributed by atoms with van der Waals surface area (Å²) in [5, 5.41) is 3.34. The summed E-state index contributed by atoms with van der Waals surface area (Å²) in [5.74, 6) is -1.63. The number of benzene rings is 3. The Labute approximate surface area is 226 Å². The standard InChI is InChI=1S/C30H28ClFN2O4/c1-3-38-30(37)28-19(2)34(27(35)16-26(28)23-5-4-6-24(31)15-23)18-21-7-11-22(12-8-21)29(36)33-17-20-9-13-25(32)14-10-20/h4-15,26H,3,16-18H2,1-2H3,(H,33,36). The highest BCUT2D eigenvalue weighted by Gasteiger charge is 2.37. The third-order valence-electron chi connectivity index (χ3n) is 6.49. The Morgan fingerprint density at radius 3 is 2.39 bits per heavy atom. The summed E-state index contributed by atoms with van der Waals surface area (Å²) in [6, 6.07) is 20.0. The lowest BCUT2D eigenvalue weighted by atomic mass is 9.83. The van der Waals surface area contributed by atoms with Crippen LogP contribution >= 0.6 is 11.6 Å². The molecule has 0 saturated heterocycles. The number of ether oxygens (including phenoxy) is 1. The largest absolute Gasteiger partial charge is 0.463 e. The van der Waals surface area contributed by atoms with Gasteiger partial charge in [0.15, 0.2) is 0 Å². The van der Waals surface area contributed by atoms with Gasteiger partial charge in [-0.05, 0) is 66.9 Å². The van der Waals surface area contributed by atoms with E-state index in [1.54, 1.807) is 73.3 Å². The zero-order valence-electron chi connectivity index (χ0n) is 21.2. The number of hydrogen-bond acceptors (Lipinski definition) is 4. The highest BCUT2D eigenvalue weighted by atomic mass is 35.5. The van der Waals surface area contributed by atoms with Gasteiger partial charge in [-0.25, -0.2) is 9.18 Å². The number of hydrogen-bond donors (Lipinski definition) is 1. The number of halogens is 2. The first-order valence-electron chi connectivity index (χ1n) is 12.3. The fraction of sp³-hybridized carbons (Fsp3) is 0.233. The zero-order chi connectivity index (χ0) is 27.2. The van der Waals surface area contributed by atoms with Gasteiger partial charge in [-0.3, -0.25) is 9.59 Å². The number of carbonyl (C=O) groups excluding carboxylic acids is 3. The molecule has 1 unspecified atom stereocenters. The van der Waals surface area contributed by atoms with E-state index in [1.807, 2.05) is 6.07 Å². The van der Waals surface area contributed by atoms with Gasteiger partial charge in [-0.15, -0.1) is 0 Å². The molecule has 1 aliphatic rings. The predicted octanol–water partition coefficient (Wildman–Crippen LogP) is 5.76. The van der Waals surface area contributed by atoms with Crippen molar-refractivity contribution in [3.05, 3.63) is 117 Å². The van der Waals surface area contributed by atoms with E-state index in [9.17, 15) is 18.8 Å². The van der Waals surface area contributed by atoms with Crippen LogP contribution in [0.2, 0.25) is 5.02 Å². The minimum atomic E-state index is -0.458. The fourth-order valence-corrected chi connectivity index (χ4v) is 4.71. The van der Waals surface area contributed by atoms with Crippen molar-refractivity contribution in [1.29, 1.82) is 0 Å². The highest BCUT2D eigenvalue weighted by Crippen LogP contribution is 2.38. The second-order valence-electron chi connectivity index (χ2n) is 9.02. The molecule has 0 bridgehead atoms. The third-order valence-corrected chi connectivity index (χ3v) is 6.73. The number of nitrogens with one attached hydrogen (secondary N) is 1. The third kappa shape index (κ3) is 6.29. The molecule has 1 N–H and O–H groups in total. The Morgan fingerprint density at radius 2 is 1.74 bits per heavy atom. The summed E-state index contributed by atoms with van der Waals surface area (Å²) < 4.78 is 18.4. The Morgan fingerprint density at radius 1 is 1.05 bits per heavy atom. The minimum absolute atomic E-state index is 0.107. The maximum absolute atomic E-state index is 13.2. The first kappa shape index (κ1) is 27.1. The Balaban J connectivity index is 1.51. The summed E-state index contributed by atoms with van der Waals surface area (Å²) in [6.07, 6.45) is 0.107. The van der Waals surface area contributed by atoms with Crippen LogP contribution in [0.1, 0.15) is 53.2 Å². The molecule has 0 spiro atoms. The van der Waals surface area contributed by atoms with Crippen molar-refractivity contribution >= 4 is 29.4 Å². The van der Waals surface area contributed by atoms with Crippen molar-refractivity contribution in [2.45, 2.75) is 39.3 Å². The summed E-state index contributed by atoms with van der Waals surface area (Å²) in [6.45, 7) is 4.23. The number of esters is 1. The van der Waals surface area contributed by atoms with E-state index in [4.69, 9.17) is 16.3 Å². The second-order valence-corrected chi connectivity index (χ2v) is 9.45. The molecular weight excluding hydrogens is 507 g/mol. The van der Waals surface area contributed by atoms with Gasteiger partial charge < -0.3 is 15.0 Å². The molecule has 6 nitrogen and oxygen atoms in total. The smallest absolute Gasteiger partial charge is 0.336 e. The lowest BCUT2D eigenvalue weighted by molar-refractivity contribution is -0.140. The van der Waals surface area contributed by atoms with Gasteiger partial charge in [0.25, 0.3) is 5.91 Å². The minimum Gasteiger partial charge on any atom is -0.463 e. The molecule has 1 atom stereocenters. The van der Waals surface area contributed by atoms with Gasteiger partial charge in [0.1, 0.15) is 5.82 Å². The summed E-state index contributed by atoms with van der Waals surface area (Å²) in [4.78, 5) is 40.3. The summed E-state index contributed by atoms with van der Waals surface area (Å²) in [7, 11) is 0. The molecule has 4 rings (SSSR count). The van der Waals surface area contributed by atoms with Crippen LogP contribution in [0.15, 0.2) is 84.1 Å². The number of nitrogens with zero attached hydrogens (tertiary/aromatic N) is 1. The Bertz CT molecular complexity index is 1370. The van der Waals surface area contributed by atoms with Crippen LogP contribution in [0, 0.1) is 5.82 Å². The fourth-order valence-electron chi connectivity index (χ4n) is 4.52. The van der Waals surface area contributed by atoms with Crippen molar-refractivity contribution in [3.63, 3.8) is 0 Å². The van der Waals surface area contributed by atoms with Crippen LogP contribution in [0.25, 0.3) is 0 Å². The molecule has 0 aromatic heterocycles. The van der Waals surface area contributed by atoms with E-state index in [0.29, 0.717) is 21.9 Å². The number of amides is 2. The van der Waals surface area contributed by atoms with Crippen molar-refractivity contribution < 1.29 is 23.5 Å². The van der Waals surface area contributed by atoms with E-state index < -0.39 is 11.9 Å². The Hall–Kier alpha value is -3.97. The van der Waals surface area contributed by atoms with Crippen LogP contribution in [0.5, 0.6) is 0 Å². The average Bonchev–Trinajstić information content (AvgIpc) is 2.90. The van der Waals surface area contributed by atoms with E-state index >= 15 is 0 Å². The first-order valence-corrected chi connectivity index (χ1v) is 12.7. The summed E-state index contributed by atoms with van der Waals surface area (Å²) in [5.41, 5.74) is 3.80. The topological polar surface area (TPSA) is 75.7 Å². The molecule has 1 heterocycles. The molecular formula is C30H28ClFN2O4. The van der Waals surface area contributed by atoms with E-state index in [2.05, 4.69) is 5.32 Å². The van der Waals surface area contributed by atoms with Gasteiger partial charge in [0, 0.05) is 35.2 Å². The Kier molecular flexibility index (Phi) is 8.59. The number of carbonyl (C=O) groups is 3. The molecule has 3 aromatic rings. The maximum atomic E-state index is 13.2. The van der Waals surface area contributed by atoms with Gasteiger partial charge >= 0.3 is 5.97 Å². The first-order chi connectivity index (χ1) is 18.3. The van der Waals surface area contributed by atoms with Gasteiger partial charge in [-0.2, -0.15) is 0 Å². The van der Waals surface area contributed by atoms with Crippen LogP contribution in [0.4, 0.5) is 4.39 Å². The molecule has 0 fully saturated rings. The van der Waals surface area contributed by atoms with Gasteiger partial charge in [0.05, 0.1) is 18.7 Å². The quantitative estimate of drug-likeness (QED) is 0.373. The second kappa shape index (κ2) is 12.0. The van der Waals surface area contributed by atoms with E-state index in [0.717, 1.165) is 16.7 Å². The van der Waals surface area contributed by atoms with Crippen LogP contribution in [0.3, 0.4) is 0 Å². The molecule has 1 aliphatic heterocycles. The maximum Gasteiger partial charge on any atom is 0.336 e. The number of allylic oxidation sites excluding steroid dienone is 1. The van der Waals surface area contributed by atoms with Gasteiger partial charge in [-0.1, -0.05) is 48.0 Å². The zero-order valence-corrected chi connectivity index (χ0v) is 21.9. The predicted molar refractivity (Wildman–Crippen MR) is 143 cm³/mol. The van der Waals surface area contributed by atoms with Crippen molar-refractivity contribution in [2.75, 3.05) is 6.61 Å². The van der Waals surface area contributed by atoms with E-state index in [1.165, 1.54) is 12.1 Å². The van der Waals surface area contributed by atoms with Crippen LogP contribution < -0.4 is 5.32 Å². The van der Waals surface area contributed by atoms with E-state index in [-0.39, 0.29) is 43.7 Å². The SMILES string of the molecule is CCOC(=O)C1=C(C)N(Cc2ccc(C(=O)NCc3ccc(F)cc3)cc2)C(=O)CC1c1cccc(Cl)c1. The normalized spacial score (nSPS) is 15.4. The van der Waals surface area contributed by atoms with Crippen LogP contribution in [-0.4, -0.2) is 29.3 Å². The molecule has 196 valence electrons. The highest BCUT2D eigenvalue weighted by molar-refractivity contribution is 6.30. The molecule has 0 saturated carbocycles. The van der Waals surface area contributed by atoms with Crippen molar-refractivity contribution in [1.82, 2.24) is 10.2 Å². The summed E-state index contributed by atoms with van der Waals surface area (Å²) >= 11 is 6.18. The molecule has 38 heavy (non-hydrogen) atoms. The van der Waals surface area contributed by atoms with Crippen LogP contribution in [-0.2, 0) is 27.4 Å². The lowest BCUT2D eigenvalue weighted by Crippen LogP contribution is -2.38. The molecule has 8 heteroatoms. The van der Waals surface area contributed by atoms with Crippen molar-refractivity contribution in [3.8, 4) is 0 Å². The molecule has 3 aromatic carbocycles. The molecule has 0 aliphatic carbocycles. The average molecular weight is 535 g/mol.